The lowest BCUT2D eigenvalue weighted by molar-refractivity contribution is -0.158. The lowest BCUT2D eigenvalue weighted by Gasteiger charge is -2.36. The molecule has 1 rings (SSSR count). The second-order valence-electron chi connectivity index (χ2n) is 9.11. The monoisotopic (exact) mass is 484 g/mol. The Balaban J connectivity index is 3.06. The Morgan fingerprint density at radius 1 is 1.09 bits per heavy atom. The number of ether oxygens (including phenoxy) is 2. The van der Waals surface area contributed by atoms with Crippen LogP contribution in [0.2, 0.25) is 0 Å². The predicted molar refractivity (Wildman–Crippen MR) is 125 cm³/mol. The molecular formula is C23H36N2O7S. The minimum atomic E-state index is -3.84. The van der Waals surface area contributed by atoms with Gasteiger partial charge in [0.25, 0.3) is 0 Å². The second-order valence-corrected chi connectivity index (χ2v) is 10.7. The lowest BCUT2D eigenvalue weighted by atomic mass is 9.69. The van der Waals surface area contributed by atoms with Crippen molar-refractivity contribution in [2.75, 3.05) is 19.0 Å². The number of methoxy groups -OCH3 is 1. The molecule has 0 aliphatic carbocycles. The van der Waals surface area contributed by atoms with Gasteiger partial charge < -0.3 is 14.8 Å². The van der Waals surface area contributed by atoms with Crippen LogP contribution in [-0.4, -0.2) is 40.0 Å². The molecule has 0 spiro atoms. The lowest BCUT2D eigenvalue weighted by Crippen LogP contribution is -2.42. The molecule has 2 atom stereocenters. The van der Waals surface area contributed by atoms with Crippen LogP contribution in [-0.2, 0) is 33.9 Å². The average Bonchev–Trinajstić information content (AvgIpc) is 2.74. The van der Waals surface area contributed by atoms with E-state index in [1.807, 2.05) is 13.8 Å². The van der Waals surface area contributed by atoms with Crippen LogP contribution in [0.5, 0.6) is 0 Å². The number of esters is 2. The molecule has 10 heteroatoms. The van der Waals surface area contributed by atoms with Crippen molar-refractivity contribution in [1.82, 2.24) is 0 Å². The third-order valence-corrected chi connectivity index (χ3v) is 6.47. The first-order valence-corrected chi connectivity index (χ1v) is 12.4. The molecule has 0 saturated carbocycles. The molecule has 0 aliphatic rings. The summed E-state index contributed by atoms with van der Waals surface area (Å²) in [4.78, 5) is 38.2. The standard InChI is InChI=1S/C23H36N2O7S/c1-7-13-32-19(26)16(8-2)14-23(5,21(28)31-6)15-22(3,4)20(27)25-17-9-11-18(12-10-17)33(24,29)30/h9-12,16H,7-8,13-15H2,1-6H3,(H,25,27)(H2,24,29,30). The fourth-order valence-corrected chi connectivity index (χ4v) is 4.33. The topological polar surface area (TPSA) is 142 Å². The summed E-state index contributed by atoms with van der Waals surface area (Å²) < 4.78 is 33.1. The van der Waals surface area contributed by atoms with Gasteiger partial charge in [-0.3, -0.25) is 14.4 Å². The van der Waals surface area contributed by atoms with E-state index < -0.39 is 32.7 Å². The number of carbonyl (C=O) groups excluding carboxylic acids is 3. The molecular weight excluding hydrogens is 448 g/mol. The molecule has 0 saturated heterocycles. The zero-order valence-corrected chi connectivity index (χ0v) is 21.1. The molecule has 0 aromatic heterocycles. The minimum absolute atomic E-state index is 0.0707. The Labute approximate surface area is 196 Å². The quantitative estimate of drug-likeness (QED) is 0.434. The van der Waals surface area contributed by atoms with Gasteiger partial charge in [0.2, 0.25) is 15.9 Å². The van der Waals surface area contributed by atoms with Crippen LogP contribution in [0.1, 0.15) is 60.3 Å². The maximum atomic E-state index is 13.0. The van der Waals surface area contributed by atoms with E-state index in [0.29, 0.717) is 25.1 Å². The van der Waals surface area contributed by atoms with Gasteiger partial charge >= 0.3 is 11.9 Å². The molecule has 0 fully saturated rings. The smallest absolute Gasteiger partial charge is 0.311 e. The number of amides is 1. The maximum Gasteiger partial charge on any atom is 0.311 e. The Kier molecular flexibility index (Phi) is 10.0. The van der Waals surface area contributed by atoms with E-state index in [9.17, 15) is 22.8 Å². The van der Waals surface area contributed by atoms with E-state index in [4.69, 9.17) is 14.6 Å². The van der Waals surface area contributed by atoms with E-state index in [2.05, 4.69) is 5.32 Å². The molecule has 0 bridgehead atoms. The molecule has 0 aliphatic heterocycles. The van der Waals surface area contributed by atoms with Crippen molar-refractivity contribution < 1.29 is 32.3 Å². The van der Waals surface area contributed by atoms with Crippen LogP contribution in [0.3, 0.4) is 0 Å². The van der Waals surface area contributed by atoms with Gasteiger partial charge in [-0.2, -0.15) is 0 Å². The molecule has 9 nitrogen and oxygen atoms in total. The fourth-order valence-electron chi connectivity index (χ4n) is 3.82. The molecule has 1 aromatic carbocycles. The molecule has 3 N–H and O–H groups in total. The first-order valence-electron chi connectivity index (χ1n) is 10.9. The number of sulfonamides is 1. The highest BCUT2D eigenvalue weighted by Gasteiger charge is 2.45. The fraction of sp³-hybridized carbons (Fsp3) is 0.609. The number of nitrogens with two attached hydrogens (primary N) is 1. The second kappa shape index (κ2) is 11.6. The molecule has 0 heterocycles. The van der Waals surface area contributed by atoms with E-state index in [1.165, 1.54) is 31.4 Å². The van der Waals surface area contributed by atoms with Gasteiger partial charge in [-0.1, -0.05) is 27.7 Å². The highest BCUT2D eigenvalue weighted by Crippen LogP contribution is 2.41. The number of nitrogens with one attached hydrogen (secondary N) is 1. The summed E-state index contributed by atoms with van der Waals surface area (Å²) in [6.07, 6.45) is 1.48. The zero-order valence-electron chi connectivity index (χ0n) is 20.3. The Hall–Kier alpha value is -2.46. The summed E-state index contributed by atoms with van der Waals surface area (Å²) in [5, 5.41) is 7.84. The van der Waals surface area contributed by atoms with Crippen molar-refractivity contribution >= 4 is 33.6 Å². The first kappa shape index (κ1) is 28.6. The number of benzene rings is 1. The first-order chi connectivity index (χ1) is 15.2. The SMILES string of the molecule is CCCOC(=O)C(CC)CC(C)(CC(C)(C)C(=O)Nc1ccc(S(N)(=O)=O)cc1)C(=O)OC. The Bertz CT molecular complexity index is 942. The summed E-state index contributed by atoms with van der Waals surface area (Å²) in [5.74, 6) is -1.76. The molecule has 1 amide bonds. The molecule has 2 unspecified atom stereocenters. The summed E-state index contributed by atoms with van der Waals surface area (Å²) >= 11 is 0. The van der Waals surface area contributed by atoms with E-state index in [0.717, 1.165) is 0 Å². The normalized spacial score (nSPS) is 14.6. The van der Waals surface area contributed by atoms with Crippen LogP contribution in [0.25, 0.3) is 0 Å². The van der Waals surface area contributed by atoms with Crippen molar-refractivity contribution in [3.05, 3.63) is 24.3 Å². The van der Waals surface area contributed by atoms with Gasteiger partial charge in [0.05, 0.1) is 29.9 Å². The van der Waals surface area contributed by atoms with Crippen molar-refractivity contribution in [3.8, 4) is 0 Å². The van der Waals surface area contributed by atoms with Gasteiger partial charge in [0, 0.05) is 11.1 Å². The highest BCUT2D eigenvalue weighted by molar-refractivity contribution is 7.89. The minimum Gasteiger partial charge on any atom is -0.469 e. The molecule has 0 radical (unpaired) electrons. The predicted octanol–water partition coefficient (Wildman–Crippen LogP) is 3.24. The van der Waals surface area contributed by atoms with Gasteiger partial charge in [0.1, 0.15) is 0 Å². The summed E-state index contributed by atoms with van der Waals surface area (Å²) in [6, 6.07) is 5.46. The van der Waals surface area contributed by atoms with Crippen LogP contribution in [0, 0.1) is 16.7 Å². The number of rotatable bonds is 12. The third kappa shape index (κ3) is 8.12. The maximum absolute atomic E-state index is 13.0. The Morgan fingerprint density at radius 2 is 1.67 bits per heavy atom. The van der Waals surface area contributed by atoms with Crippen LogP contribution in [0.15, 0.2) is 29.2 Å². The molecule has 186 valence electrons. The van der Waals surface area contributed by atoms with Crippen molar-refractivity contribution in [1.29, 1.82) is 0 Å². The summed E-state index contributed by atoms with van der Waals surface area (Å²) in [5.41, 5.74) is -1.75. The van der Waals surface area contributed by atoms with E-state index >= 15 is 0 Å². The van der Waals surface area contributed by atoms with Gasteiger partial charge in [0.15, 0.2) is 0 Å². The number of hydrogen-bond donors (Lipinski definition) is 2. The zero-order chi connectivity index (χ0) is 25.4. The number of carbonyl (C=O) groups is 3. The summed E-state index contributed by atoms with van der Waals surface area (Å²) in [6.45, 7) is 9.12. The van der Waals surface area contributed by atoms with Crippen LogP contribution < -0.4 is 10.5 Å². The van der Waals surface area contributed by atoms with Crippen LogP contribution in [0.4, 0.5) is 5.69 Å². The van der Waals surface area contributed by atoms with Crippen molar-refractivity contribution in [2.24, 2.45) is 21.9 Å². The van der Waals surface area contributed by atoms with Gasteiger partial charge in [-0.05, 0) is 56.9 Å². The molecule has 1 aromatic rings. The van der Waals surface area contributed by atoms with Crippen molar-refractivity contribution in [3.63, 3.8) is 0 Å². The third-order valence-electron chi connectivity index (χ3n) is 5.54. The van der Waals surface area contributed by atoms with Gasteiger partial charge in [-0.25, -0.2) is 13.6 Å². The van der Waals surface area contributed by atoms with E-state index in [1.54, 1.807) is 20.8 Å². The summed E-state index contributed by atoms with van der Waals surface area (Å²) in [7, 11) is -2.57. The van der Waals surface area contributed by atoms with Crippen molar-refractivity contribution in [2.45, 2.75) is 65.2 Å². The Morgan fingerprint density at radius 3 is 2.12 bits per heavy atom. The molecule has 33 heavy (non-hydrogen) atoms. The largest absolute Gasteiger partial charge is 0.469 e. The number of anilines is 1. The van der Waals surface area contributed by atoms with Crippen LogP contribution >= 0.6 is 0 Å². The van der Waals surface area contributed by atoms with E-state index in [-0.39, 0.29) is 29.6 Å². The number of primary sulfonamides is 1. The average molecular weight is 485 g/mol. The number of hydrogen-bond acceptors (Lipinski definition) is 7. The van der Waals surface area contributed by atoms with Gasteiger partial charge in [-0.15, -0.1) is 0 Å². The highest BCUT2D eigenvalue weighted by atomic mass is 32.2.